The average Bonchev–Trinajstić information content (AvgIpc) is 3.48. The quantitative estimate of drug-likeness (QED) is 0.564. The van der Waals surface area contributed by atoms with E-state index in [0.717, 1.165) is 62.7 Å². The fourth-order valence-electron chi connectivity index (χ4n) is 4.79. The van der Waals surface area contributed by atoms with Crippen LogP contribution in [-0.2, 0) is 11.2 Å². The highest BCUT2D eigenvalue weighted by molar-refractivity contribution is 5.85. The Balaban J connectivity index is 0.00000259. The van der Waals surface area contributed by atoms with Crippen molar-refractivity contribution in [3.8, 4) is 17.1 Å². The number of hydrogen-bond donors (Lipinski definition) is 1. The third kappa shape index (κ3) is 4.93. The summed E-state index contributed by atoms with van der Waals surface area (Å²) in [4.78, 5) is 23.4. The van der Waals surface area contributed by atoms with Gasteiger partial charge in [-0.3, -0.25) is 9.69 Å². The number of nitrogens with one attached hydrogen (secondary N) is 1. The Labute approximate surface area is 199 Å². The number of aromatic nitrogens is 4. The van der Waals surface area contributed by atoms with Gasteiger partial charge in [0.05, 0.1) is 30.5 Å². The molecule has 0 radical (unpaired) electrons. The second-order valence-electron chi connectivity index (χ2n) is 8.59. The Bertz CT molecular complexity index is 1130. The Hall–Kier alpha value is -2.42. The van der Waals surface area contributed by atoms with E-state index >= 15 is 0 Å². The first-order valence-corrected chi connectivity index (χ1v) is 11.8. The Kier molecular flexibility index (Phi) is 7.67. The number of nitrogens with zero attached hydrogens (tertiary/aromatic N) is 4. The maximum Gasteiger partial charge on any atom is 0.262 e. The predicted octanol–water partition coefficient (Wildman–Crippen LogP) is 3.60. The van der Waals surface area contributed by atoms with Gasteiger partial charge in [0.1, 0.15) is 23.6 Å². The second-order valence-corrected chi connectivity index (χ2v) is 8.59. The lowest BCUT2D eigenvalue weighted by molar-refractivity contribution is 0.0323. The van der Waals surface area contributed by atoms with Crippen LogP contribution in [0.1, 0.15) is 44.3 Å². The lowest BCUT2D eigenvalue weighted by atomic mass is 10.1. The molecule has 178 valence electrons. The zero-order valence-corrected chi connectivity index (χ0v) is 19.9. The zero-order chi connectivity index (χ0) is 21.9. The SMILES string of the molecule is CCc1nn(C2CCCC2)c2nc(-c3ccccc3OCCN3CCOCC3)[nH]c(=O)c12.Cl. The fourth-order valence-corrected chi connectivity index (χ4v) is 4.79. The van der Waals surface area contributed by atoms with Gasteiger partial charge in [0.15, 0.2) is 5.65 Å². The van der Waals surface area contributed by atoms with Crippen LogP contribution in [0.5, 0.6) is 5.75 Å². The van der Waals surface area contributed by atoms with Crippen LogP contribution < -0.4 is 10.3 Å². The highest BCUT2D eigenvalue weighted by atomic mass is 35.5. The lowest BCUT2D eigenvalue weighted by Crippen LogP contribution is -2.38. The lowest BCUT2D eigenvalue weighted by Gasteiger charge is -2.26. The number of fused-ring (bicyclic) bond motifs is 1. The highest BCUT2D eigenvalue weighted by Crippen LogP contribution is 2.33. The van der Waals surface area contributed by atoms with Gasteiger partial charge in [-0.25, -0.2) is 9.67 Å². The van der Waals surface area contributed by atoms with Crippen LogP contribution in [0.2, 0.25) is 0 Å². The first-order valence-electron chi connectivity index (χ1n) is 11.8. The molecule has 0 bridgehead atoms. The molecule has 8 nitrogen and oxygen atoms in total. The van der Waals surface area contributed by atoms with E-state index in [2.05, 4.69) is 9.88 Å². The molecule has 3 heterocycles. The Morgan fingerprint density at radius 1 is 1.18 bits per heavy atom. The van der Waals surface area contributed by atoms with Gasteiger partial charge >= 0.3 is 0 Å². The van der Waals surface area contributed by atoms with Crippen LogP contribution in [0.4, 0.5) is 0 Å². The summed E-state index contributed by atoms with van der Waals surface area (Å²) in [6.45, 7) is 6.86. The first kappa shape index (κ1) is 23.7. The normalized spacial score (nSPS) is 17.4. The van der Waals surface area contributed by atoms with E-state index < -0.39 is 0 Å². The van der Waals surface area contributed by atoms with Gasteiger partial charge in [-0.15, -0.1) is 12.4 Å². The molecule has 2 fully saturated rings. The molecule has 1 aliphatic carbocycles. The van der Waals surface area contributed by atoms with Gasteiger partial charge < -0.3 is 14.5 Å². The number of ether oxygens (including phenoxy) is 2. The summed E-state index contributed by atoms with van der Waals surface area (Å²) in [6.07, 6.45) is 5.28. The fraction of sp³-hybridized carbons (Fsp3) is 0.542. The summed E-state index contributed by atoms with van der Waals surface area (Å²) in [5, 5.41) is 5.42. The largest absolute Gasteiger partial charge is 0.491 e. The maximum atomic E-state index is 13.1. The molecule has 1 saturated carbocycles. The number of aromatic amines is 1. The predicted molar refractivity (Wildman–Crippen MR) is 130 cm³/mol. The van der Waals surface area contributed by atoms with E-state index in [0.29, 0.717) is 35.9 Å². The number of H-pyrrole nitrogens is 1. The van der Waals surface area contributed by atoms with Crippen molar-refractivity contribution in [3.63, 3.8) is 0 Å². The number of morpholine rings is 1. The molecule has 1 N–H and O–H groups in total. The molecule has 1 aromatic carbocycles. The number of halogens is 1. The van der Waals surface area contributed by atoms with Crippen molar-refractivity contribution < 1.29 is 9.47 Å². The monoisotopic (exact) mass is 473 g/mol. The van der Waals surface area contributed by atoms with E-state index in [-0.39, 0.29) is 18.0 Å². The summed E-state index contributed by atoms with van der Waals surface area (Å²) in [7, 11) is 0. The minimum atomic E-state index is -0.130. The molecule has 2 aromatic heterocycles. The average molecular weight is 474 g/mol. The molecule has 0 spiro atoms. The van der Waals surface area contributed by atoms with Crippen LogP contribution >= 0.6 is 12.4 Å². The van der Waals surface area contributed by atoms with Crippen molar-refractivity contribution in [2.24, 2.45) is 0 Å². The molecule has 9 heteroatoms. The van der Waals surface area contributed by atoms with E-state index in [4.69, 9.17) is 19.6 Å². The van der Waals surface area contributed by atoms with Crippen molar-refractivity contribution in [1.29, 1.82) is 0 Å². The van der Waals surface area contributed by atoms with Crippen molar-refractivity contribution >= 4 is 23.4 Å². The molecule has 1 saturated heterocycles. The summed E-state index contributed by atoms with van der Waals surface area (Å²) < 4.78 is 13.5. The second kappa shape index (κ2) is 10.7. The molecular weight excluding hydrogens is 442 g/mol. The summed E-state index contributed by atoms with van der Waals surface area (Å²) in [5.41, 5.74) is 2.18. The Morgan fingerprint density at radius 2 is 1.94 bits per heavy atom. The van der Waals surface area contributed by atoms with Crippen molar-refractivity contribution in [2.75, 3.05) is 39.5 Å². The topological polar surface area (TPSA) is 85.3 Å². The van der Waals surface area contributed by atoms with Gasteiger partial charge in [0.2, 0.25) is 0 Å². The van der Waals surface area contributed by atoms with Crippen LogP contribution in [-0.4, -0.2) is 64.1 Å². The Morgan fingerprint density at radius 3 is 2.70 bits per heavy atom. The van der Waals surface area contributed by atoms with Gasteiger partial charge in [-0.1, -0.05) is 31.9 Å². The number of aryl methyl sites for hydroxylation is 1. The van der Waals surface area contributed by atoms with Crippen molar-refractivity contribution in [3.05, 3.63) is 40.3 Å². The van der Waals surface area contributed by atoms with Gasteiger partial charge in [-0.2, -0.15) is 5.10 Å². The van der Waals surface area contributed by atoms with Gasteiger partial charge in [0, 0.05) is 19.6 Å². The highest BCUT2D eigenvalue weighted by Gasteiger charge is 2.24. The number of benzene rings is 1. The smallest absolute Gasteiger partial charge is 0.262 e. The molecule has 0 amide bonds. The van der Waals surface area contributed by atoms with Crippen LogP contribution in [0.3, 0.4) is 0 Å². The zero-order valence-electron chi connectivity index (χ0n) is 19.1. The first-order chi connectivity index (χ1) is 15.7. The molecule has 3 aromatic rings. The van der Waals surface area contributed by atoms with E-state index in [1.165, 1.54) is 12.8 Å². The standard InChI is InChI=1S/C24H31N5O3.ClH/c1-2-19-21-23(29(27-19)17-7-3-4-8-17)25-22(26-24(21)30)18-9-5-6-10-20(18)32-16-13-28-11-14-31-15-12-28;/h5-6,9-10,17H,2-4,7-8,11-16H2,1H3,(H,25,26,30);1H. The molecule has 33 heavy (non-hydrogen) atoms. The number of para-hydroxylation sites is 1. The molecule has 2 aliphatic rings. The minimum Gasteiger partial charge on any atom is -0.491 e. The number of hydrogen-bond acceptors (Lipinski definition) is 6. The minimum absolute atomic E-state index is 0. The maximum absolute atomic E-state index is 13.1. The summed E-state index contributed by atoms with van der Waals surface area (Å²) in [6, 6.07) is 8.10. The van der Waals surface area contributed by atoms with Crippen molar-refractivity contribution in [2.45, 2.75) is 45.1 Å². The van der Waals surface area contributed by atoms with Crippen LogP contribution in [0.25, 0.3) is 22.4 Å². The van der Waals surface area contributed by atoms with Gasteiger partial charge in [0.25, 0.3) is 5.56 Å². The van der Waals surface area contributed by atoms with Gasteiger partial charge in [-0.05, 0) is 31.4 Å². The summed E-state index contributed by atoms with van der Waals surface area (Å²) in [5.74, 6) is 1.26. The van der Waals surface area contributed by atoms with Crippen LogP contribution in [0.15, 0.2) is 29.1 Å². The molecule has 0 atom stereocenters. The molecule has 0 unspecified atom stereocenters. The third-order valence-corrected chi connectivity index (χ3v) is 6.55. The molecule has 1 aliphatic heterocycles. The van der Waals surface area contributed by atoms with E-state index in [1.54, 1.807) is 0 Å². The van der Waals surface area contributed by atoms with E-state index in [1.807, 2.05) is 35.9 Å². The number of rotatable bonds is 7. The summed E-state index contributed by atoms with van der Waals surface area (Å²) >= 11 is 0. The molecule has 5 rings (SSSR count). The third-order valence-electron chi connectivity index (χ3n) is 6.55. The molecular formula is C24H32ClN5O3. The van der Waals surface area contributed by atoms with Crippen molar-refractivity contribution in [1.82, 2.24) is 24.6 Å². The van der Waals surface area contributed by atoms with Crippen LogP contribution in [0, 0.1) is 0 Å². The van der Waals surface area contributed by atoms with E-state index in [9.17, 15) is 4.79 Å².